The number of benzene rings is 2. The quantitative estimate of drug-likeness (QED) is 0.446. The van der Waals surface area contributed by atoms with Crippen LogP contribution in [0.5, 0.6) is 5.75 Å². The summed E-state index contributed by atoms with van der Waals surface area (Å²) in [6.45, 7) is 0. The monoisotopic (exact) mass is 366 g/mol. The van der Waals surface area contributed by atoms with Crippen LogP contribution >= 0.6 is 27.7 Å². The molecular formula is C16H19BrN2OS. The molecule has 3 nitrogen and oxygen atoms in total. The number of nitrogens with one attached hydrogen (secondary N) is 1. The topological polar surface area (TPSA) is 47.3 Å². The third-order valence-electron chi connectivity index (χ3n) is 3.10. The molecule has 1 unspecified atom stereocenters. The Morgan fingerprint density at radius 2 is 2.05 bits per heavy atom. The van der Waals surface area contributed by atoms with Gasteiger partial charge in [0.25, 0.3) is 0 Å². The summed E-state index contributed by atoms with van der Waals surface area (Å²) in [5, 5.41) is 0. The van der Waals surface area contributed by atoms with Crippen molar-refractivity contribution in [3.05, 3.63) is 58.6 Å². The summed E-state index contributed by atoms with van der Waals surface area (Å²) >= 11 is 5.28. The van der Waals surface area contributed by atoms with Crippen LogP contribution in [0.25, 0.3) is 0 Å². The number of halogens is 1. The first-order valence-corrected chi connectivity index (χ1v) is 8.46. The molecule has 2 aromatic rings. The summed E-state index contributed by atoms with van der Waals surface area (Å²) in [6.07, 6.45) is 0.870. The molecule has 0 saturated carbocycles. The number of hydrazine groups is 1. The number of hydrogen-bond acceptors (Lipinski definition) is 4. The van der Waals surface area contributed by atoms with E-state index in [2.05, 4.69) is 39.6 Å². The first-order valence-electron chi connectivity index (χ1n) is 6.68. The summed E-state index contributed by atoms with van der Waals surface area (Å²) in [6, 6.07) is 16.6. The zero-order valence-electron chi connectivity index (χ0n) is 11.9. The van der Waals surface area contributed by atoms with Crippen LogP contribution in [0.2, 0.25) is 0 Å². The molecular weight excluding hydrogens is 348 g/mol. The van der Waals surface area contributed by atoms with Crippen molar-refractivity contribution in [3.8, 4) is 5.75 Å². The van der Waals surface area contributed by atoms with Gasteiger partial charge in [0, 0.05) is 21.2 Å². The van der Waals surface area contributed by atoms with Crippen molar-refractivity contribution in [2.75, 3.05) is 12.9 Å². The van der Waals surface area contributed by atoms with E-state index < -0.39 is 0 Å². The Hall–Kier alpha value is -1.01. The number of ether oxygens (including phenoxy) is 1. The van der Waals surface area contributed by atoms with E-state index in [0.29, 0.717) is 0 Å². The molecule has 0 aromatic heterocycles. The van der Waals surface area contributed by atoms with Crippen LogP contribution < -0.4 is 16.0 Å². The van der Waals surface area contributed by atoms with Crippen LogP contribution in [0.4, 0.5) is 0 Å². The Labute approximate surface area is 138 Å². The SMILES string of the molecule is COc1cccc(CC(CSc2cccc(Br)c2)NN)c1. The molecule has 0 bridgehead atoms. The summed E-state index contributed by atoms with van der Waals surface area (Å²) in [4.78, 5) is 1.23. The summed E-state index contributed by atoms with van der Waals surface area (Å²) in [7, 11) is 1.68. The average Bonchev–Trinajstić information content (AvgIpc) is 2.51. The molecule has 0 aliphatic heterocycles. The van der Waals surface area contributed by atoms with Crippen molar-refractivity contribution in [1.82, 2.24) is 5.43 Å². The highest BCUT2D eigenvalue weighted by molar-refractivity contribution is 9.10. The lowest BCUT2D eigenvalue weighted by molar-refractivity contribution is 0.414. The fourth-order valence-corrected chi connectivity index (χ4v) is 3.55. The first kappa shape index (κ1) is 16.4. The molecule has 1 atom stereocenters. The van der Waals surface area contributed by atoms with E-state index >= 15 is 0 Å². The summed E-state index contributed by atoms with van der Waals surface area (Å²) < 4.78 is 6.35. The van der Waals surface area contributed by atoms with Gasteiger partial charge in [0.05, 0.1) is 7.11 Å². The second-order valence-corrected chi connectivity index (χ2v) is 6.70. The minimum Gasteiger partial charge on any atom is -0.497 e. The second kappa shape index (κ2) is 8.44. The molecule has 0 radical (unpaired) electrons. The number of thioether (sulfide) groups is 1. The summed E-state index contributed by atoms with van der Waals surface area (Å²) in [5.41, 5.74) is 4.11. The zero-order valence-corrected chi connectivity index (χ0v) is 14.3. The number of methoxy groups -OCH3 is 1. The lowest BCUT2D eigenvalue weighted by Gasteiger charge is -2.16. The molecule has 0 amide bonds. The van der Waals surface area contributed by atoms with Crippen molar-refractivity contribution in [2.24, 2.45) is 5.84 Å². The van der Waals surface area contributed by atoms with Crippen LogP contribution in [0.1, 0.15) is 5.56 Å². The molecule has 5 heteroatoms. The molecule has 112 valence electrons. The summed E-state index contributed by atoms with van der Waals surface area (Å²) in [5.74, 6) is 7.47. The van der Waals surface area contributed by atoms with Crippen LogP contribution in [-0.2, 0) is 6.42 Å². The van der Waals surface area contributed by atoms with Gasteiger partial charge >= 0.3 is 0 Å². The van der Waals surface area contributed by atoms with E-state index in [-0.39, 0.29) is 6.04 Å². The highest BCUT2D eigenvalue weighted by Crippen LogP contribution is 2.23. The van der Waals surface area contributed by atoms with Gasteiger partial charge in [-0.25, -0.2) is 0 Å². The molecule has 0 aliphatic rings. The molecule has 21 heavy (non-hydrogen) atoms. The van der Waals surface area contributed by atoms with Gasteiger partial charge in [-0.05, 0) is 42.3 Å². The lowest BCUT2D eigenvalue weighted by atomic mass is 10.1. The average molecular weight is 367 g/mol. The minimum absolute atomic E-state index is 0.209. The van der Waals surface area contributed by atoms with Crippen LogP contribution in [0.3, 0.4) is 0 Å². The maximum atomic E-state index is 5.68. The van der Waals surface area contributed by atoms with Gasteiger partial charge in [-0.2, -0.15) is 0 Å². The molecule has 0 aliphatic carbocycles. The molecule has 2 rings (SSSR count). The highest BCUT2D eigenvalue weighted by atomic mass is 79.9. The largest absolute Gasteiger partial charge is 0.497 e. The van der Waals surface area contributed by atoms with Gasteiger partial charge in [0.15, 0.2) is 0 Å². The van der Waals surface area contributed by atoms with Gasteiger partial charge in [0.2, 0.25) is 0 Å². The van der Waals surface area contributed by atoms with E-state index in [1.54, 1.807) is 18.9 Å². The van der Waals surface area contributed by atoms with E-state index in [4.69, 9.17) is 10.6 Å². The van der Waals surface area contributed by atoms with Gasteiger partial charge in [-0.1, -0.05) is 34.1 Å². The Morgan fingerprint density at radius 1 is 1.24 bits per heavy atom. The predicted octanol–water partition coefficient (Wildman–Crippen LogP) is 3.62. The van der Waals surface area contributed by atoms with E-state index in [0.717, 1.165) is 22.4 Å². The van der Waals surface area contributed by atoms with Crippen molar-refractivity contribution >= 4 is 27.7 Å². The Kier molecular flexibility index (Phi) is 6.57. The Balaban J connectivity index is 1.93. The van der Waals surface area contributed by atoms with Gasteiger partial charge in [-0.3, -0.25) is 11.3 Å². The van der Waals surface area contributed by atoms with E-state index in [1.807, 2.05) is 30.3 Å². The van der Waals surface area contributed by atoms with Gasteiger partial charge in [-0.15, -0.1) is 11.8 Å². The van der Waals surface area contributed by atoms with E-state index in [1.165, 1.54) is 10.5 Å². The van der Waals surface area contributed by atoms with Crippen LogP contribution in [0.15, 0.2) is 57.9 Å². The zero-order chi connectivity index (χ0) is 15.1. The van der Waals surface area contributed by atoms with Crippen molar-refractivity contribution < 1.29 is 4.74 Å². The maximum Gasteiger partial charge on any atom is 0.119 e. The number of hydrogen-bond donors (Lipinski definition) is 2. The Morgan fingerprint density at radius 3 is 2.76 bits per heavy atom. The van der Waals surface area contributed by atoms with E-state index in [9.17, 15) is 0 Å². The highest BCUT2D eigenvalue weighted by Gasteiger charge is 2.09. The first-order chi connectivity index (χ1) is 10.2. The molecule has 0 spiro atoms. The molecule has 2 aromatic carbocycles. The van der Waals surface area contributed by atoms with Crippen molar-refractivity contribution in [3.63, 3.8) is 0 Å². The second-order valence-electron chi connectivity index (χ2n) is 4.69. The standard InChI is InChI=1S/C16H19BrN2OS/c1-20-15-6-2-4-12(9-15)8-14(19-18)11-21-16-7-3-5-13(17)10-16/h2-7,9-10,14,19H,8,11,18H2,1H3. The predicted molar refractivity (Wildman–Crippen MR) is 92.7 cm³/mol. The normalized spacial score (nSPS) is 12.1. The maximum absolute atomic E-state index is 5.68. The van der Waals surface area contributed by atoms with Crippen LogP contribution in [-0.4, -0.2) is 18.9 Å². The fourth-order valence-electron chi connectivity index (χ4n) is 2.00. The third kappa shape index (κ3) is 5.36. The number of nitrogens with two attached hydrogens (primary N) is 1. The molecule has 0 saturated heterocycles. The van der Waals surface area contributed by atoms with Gasteiger partial charge < -0.3 is 4.74 Å². The molecule has 0 fully saturated rings. The minimum atomic E-state index is 0.209. The smallest absolute Gasteiger partial charge is 0.119 e. The number of rotatable bonds is 7. The lowest BCUT2D eigenvalue weighted by Crippen LogP contribution is -2.38. The van der Waals surface area contributed by atoms with Crippen molar-refractivity contribution in [1.29, 1.82) is 0 Å². The van der Waals surface area contributed by atoms with Crippen LogP contribution in [0, 0.1) is 0 Å². The van der Waals surface area contributed by atoms with Crippen molar-refractivity contribution in [2.45, 2.75) is 17.4 Å². The molecule has 0 heterocycles. The fraction of sp³-hybridized carbons (Fsp3) is 0.250. The Bertz CT molecular complexity index is 580. The third-order valence-corrected chi connectivity index (χ3v) is 4.75. The van der Waals surface area contributed by atoms with Gasteiger partial charge in [0.1, 0.15) is 5.75 Å². The molecule has 3 N–H and O–H groups in total.